The van der Waals surface area contributed by atoms with Crippen LogP contribution in [0.2, 0.25) is 0 Å². The van der Waals surface area contributed by atoms with Gasteiger partial charge < -0.3 is 14.2 Å². The Morgan fingerprint density at radius 3 is 2.65 bits per heavy atom. The first kappa shape index (κ1) is 15.4. The number of rotatable bonds is 2. The van der Waals surface area contributed by atoms with E-state index in [0.29, 0.717) is 35.9 Å². The number of nitriles is 1. The van der Waals surface area contributed by atoms with Gasteiger partial charge in [0.15, 0.2) is 0 Å². The minimum Gasteiger partial charge on any atom is -0.443 e. The quantitative estimate of drug-likeness (QED) is 0.851. The van der Waals surface area contributed by atoms with Crippen molar-refractivity contribution in [3.05, 3.63) is 41.4 Å². The van der Waals surface area contributed by atoms with Crippen LogP contribution in [-0.4, -0.2) is 53.5 Å². The van der Waals surface area contributed by atoms with Gasteiger partial charge in [-0.25, -0.2) is 0 Å². The van der Waals surface area contributed by atoms with Crippen LogP contribution in [0, 0.1) is 18.3 Å². The molecule has 0 spiro atoms. The summed E-state index contributed by atoms with van der Waals surface area (Å²) in [5.74, 6) is 0.787. The fourth-order valence-electron chi connectivity index (χ4n) is 2.95. The zero-order chi connectivity index (χ0) is 16.4. The van der Waals surface area contributed by atoms with Crippen molar-refractivity contribution >= 4 is 5.91 Å². The molecule has 2 aromatic rings. The fourth-order valence-corrected chi connectivity index (χ4v) is 2.95. The normalized spacial score (nSPS) is 16.1. The van der Waals surface area contributed by atoms with Crippen LogP contribution in [0.25, 0.3) is 5.88 Å². The summed E-state index contributed by atoms with van der Waals surface area (Å²) in [5, 5.41) is 9.55. The van der Waals surface area contributed by atoms with Crippen LogP contribution < -0.4 is 0 Å². The van der Waals surface area contributed by atoms with Gasteiger partial charge in [-0.2, -0.15) is 5.26 Å². The first-order valence-electron chi connectivity index (χ1n) is 7.76. The minimum absolute atomic E-state index is 0.114. The summed E-state index contributed by atoms with van der Waals surface area (Å²) in [6.07, 6.45) is 4.54. The van der Waals surface area contributed by atoms with Crippen molar-refractivity contribution in [2.75, 3.05) is 33.2 Å². The maximum absolute atomic E-state index is 12.9. The number of aromatic nitrogens is 1. The van der Waals surface area contributed by atoms with E-state index in [1.165, 1.54) is 0 Å². The Hall–Kier alpha value is -2.52. The molecule has 1 saturated heterocycles. The highest BCUT2D eigenvalue weighted by Gasteiger charge is 2.28. The van der Waals surface area contributed by atoms with Crippen molar-refractivity contribution in [3.8, 4) is 12.0 Å². The molecule has 0 unspecified atom stereocenters. The van der Waals surface area contributed by atoms with E-state index in [1.807, 2.05) is 17.0 Å². The molecule has 1 aliphatic rings. The first-order chi connectivity index (χ1) is 11.1. The van der Waals surface area contributed by atoms with Gasteiger partial charge in [0.05, 0.1) is 0 Å². The average molecular weight is 312 g/mol. The maximum Gasteiger partial charge on any atom is 0.258 e. The Kier molecular flexibility index (Phi) is 4.22. The summed E-state index contributed by atoms with van der Waals surface area (Å²) in [6.45, 7) is 4.94. The molecule has 3 heterocycles. The molecule has 23 heavy (non-hydrogen) atoms. The number of amides is 1. The first-order valence-corrected chi connectivity index (χ1v) is 7.76. The van der Waals surface area contributed by atoms with Gasteiger partial charge in [0, 0.05) is 32.0 Å². The van der Waals surface area contributed by atoms with E-state index in [1.54, 1.807) is 23.9 Å². The lowest BCUT2D eigenvalue weighted by atomic mass is 10.1. The standard InChI is InChI=1S/C17H20N4O2/c1-13-15(16(22)20-9-5-6-19(2)10-11-20)14(12-18)17(23-13)21-7-3-4-8-21/h3-4,7-8H,5-6,9-11H2,1-2H3. The highest BCUT2D eigenvalue weighted by Crippen LogP contribution is 2.27. The van der Waals surface area contributed by atoms with E-state index in [2.05, 4.69) is 18.0 Å². The number of nitrogens with zero attached hydrogens (tertiary/aromatic N) is 4. The molecule has 6 nitrogen and oxygen atoms in total. The van der Waals surface area contributed by atoms with Crippen LogP contribution in [0.4, 0.5) is 0 Å². The molecule has 0 atom stereocenters. The van der Waals surface area contributed by atoms with Gasteiger partial charge in [-0.15, -0.1) is 0 Å². The van der Waals surface area contributed by atoms with Gasteiger partial charge in [-0.05, 0) is 39.1 Å². The number of hydrogen-bond acceptors (Lipinski definition) is 4. The molecule has 6 heteroatoms. The second-order valence-electron chi connectivity index (χ2n) is 5.86. The largest absolute Gasteiger partial charge is 0.443 e. The van der Waals surface area contributed by atoms with E-state index < -0.39 is 0 Å². The van der Waals surface area contributed by atoms with Gasteiger partial charge in [-0.3, -0.25) is 9.36 Å². The predicted octanol–water partition coefficient (Wildman–Crippen LogP) is 2.03. The van der Waals surface area contributed by atoms with Crippen molar-refractivity contribution in [2.24, 2.45) is 0 Å². The summed E-state index contributed by atoms with van der Waals surface area (Å²) < 4.78 is 7.45. The molecule has 0 N–H and O–H groups in total. The molecule has 0 saturated carbocycles. The highest BCUT2D eigenvalue weighted by atomic mass is 16.4. The third kappa shape index (κ3) is 2.88. The molecular weight excluding hydrogens is 292 g/mol. The molecule has 120 valence electrons. The topological polar surface area (TPSA) is 65.4 Å². The van der Waals surface area contributed by atoms with Crippen LogP contribution in [0.1, 0.15) is 28.1 Å². The van der Waals surface area contributed by atoms with Gasteiger partial charge in [0.2, 0.25) is 5.88 Å². The molecule has 1 fully saturated rings. The Morgan fingerprint density at radius 1 is 1.22 bits per heavy atom. The van der Waals surface area contributed by atoms with E-state index in [-0.39, 0.29) is 5.91 Å². The van der Waals surface area contributed by atoms with E-state index in [0.717, 1.165) is 19.5 Å². The number of likely N-dealkylation sites (N-methyl/N-ethyl adjacent to an activating group) is 1. The molecule has 1 amide bonds. The van der Waals surface area contributed by atoms with Gasteiger partial charge in [0.1, 0.15) is 23.0 Å². The van der Waals surface area contributed by atoms with Gasteiger partial charge >= 0.3 is 0 Å². The van der Waals surface area contributed by atoms with Gasteiger partial charge in [-0.1, -0.05) is 0 Å². The maximum atomic E-state index is 12.9. The van der Waals surface area contributed by atoms with Crippen molar-refractivity contribution in [1.29, 1.82) is 5.26 Å². The molecule has 0 radical (unpaired) electrons. The predicted molar refractivity (Wildman–Crippen MR) is 85.5 cm³/mol. The summed E-state index contributed by atoms with van der Waals surface area (Å²) in [6, 6.07) is 5.85. The number of furan rings is 1. The second-order valence-corrected chi connectivity index (χ2v) is 5.86. The molecule has 0 aromatic carbocycles. The van der Waals surface area contributed by atoms with Crippen LogP contribution in [0.3, 0.4) is 0 Å². The number of carbonyl (C=O) groups is 1. The summed E-state index contributed by atoms with van der Waals surface area (Å²) >= 11 is 0. The van der Waals surface area contributed by atoms with Crippen LogP contribution >= 0.6 is 0 Å². The lowest BCUT2D eigenvalue weighted by Crippen LogP contribution is -2.35. The van der Waals surface area contributed by atoms with Crippen molar-refractivity contribution < 1.29 is 9.21 Å². The lowest BCUT2D eigenvalue weighted by molar-refractivity contribution is 0.0761. The molecular formula is C17H20N4O2. The zero-order valence-electron chi connectivity index (χ0n) is 13.5. The smallest absolute Gasteiger partial charge is 0.258 e. The Morgan fingerprint density at radius 2 is 1.96 bits per heavy atom. The number of carbonyl (C=O) groups excluding carboxylic acids is 1. The molecule has 1 aliphatic heterocycles. The molecule has 0 bridgehead atoms. The average Bonchev–Trinajstić information content (AvgIpc) is 3.11. The van der Waals surface area contributed by atoms with Gasteiger partial charge in [0.25, 0.3) is 5.91 Å². The number of hydrogen-bond donors (Lipinski definition) is 0. The molecule has 0 aliphatic carbocycles. The van der Waals surface area contributed by atoms with Crippen LogP contribution in [0.5, 0.6) is 0 Å². The third-order valence-corrected chi connectivity index (χ3v) is 4.24. The number of aryl methyl sites for hydroxylation is 1. The monoisotopic (exact) mass is 312 g/mol. The Labute approximate surface area is 135 Å². The van der Waals surface area contributed by atoms with Crippen molar-refractivity contribution in [1.82, 2.24) is 14.4 Å². The summed E-state index contributed by atoms with van der Waals surface area (Å²) in [4.78, 5) is 17.0. The molecule has 2 aromatic heterocycles. The van der Waals surface area contributed by atoms with E-state index in [4.69, 9.17) is 4.42 Å². The van der Waals surface area contributed by atoms with Crippen molar-refractivity contribution in [3.63, 3.8) is 0 Å². The minimum atomic E-state index is -0.114. The SMILES string of the molecule is Cc1oc(-n2cccc2)c(C#N)c1C(=O)N1CCCN(C)CC1. The fraction of sp³-hybridized carbons (Fsp3) is 0.412. The molecule has 3 rings (SSSR count). The van der Waals surface area contributed by atoms with Crippen LogP contribution in [0.15, 0.2) is 28.9 Å². The van der Waals surface area contributed by atoms with Crippen LogP contribution in [-0.2, 0) is 0 Å². The summed E-state index contributed by atoms with van der Waals surface area (Å²) in [5.41, 5.74) is 0.696. The third-order valence-electron chi connectivity index (χ3n) is 4.24. The lowest BCUT2D eigenvalue weighted by Gasteiger charge is -2.20. The van der Waals surface area contributed by atoms with Crippen molar-refractivity contribution in [2.45, 2.75) is 13.3 Å². The van der Waals surface area contributed by atoms with E-state index >= 15 is 0 Å². The second kappa shape index (κ2) is 6.31. The summed E-state index contributed by atoms with van der Waals surface area (Å²) in [7, 11) is 2.06. The Balaban J connectivity index is 1.96. The highest BCUT2D eigenvalue weighted by molar-refractivity contribution is 5.98. The van der Waals surface area contributed by atoms with E-state index in [9.17, 15) is 10.1 Å². The zero-order valence-corrected chi connectivity index (χ0v) is 13.5. The Bertz CT molecular complexity index is 739.